The topological polar surface area (TPSA) is 52.2 Å². The van der Waals surface area contributed by atoms with Crippen LogP contribution in [0.25, 0.3) is 4.96 Å². The second-order valence-electron chi connectivity index (χ2n) is 8.35. The number of thiazole rings is 1. The molecule has 5 nitrogen and oxygen atoms in total. The lowest BCUT2D eigenvalue weighted by molar-refractivity contribution is -0.141. The predicted molar refractivity (Wildman–Crippen MR) is 99.0 cm³/mol. The number of alkyl halides is 3. The number of nitrogens with zero attached hydrogens (tertiary/aromatic N) is 4. The van der Waals surface area contributed by atoms with E-state index >= 15 is 0 Å². The van der Waals surface area contributed by atoms with E-state index in [4.69, 9.17) is 0 Å². The fourth-order valence-corrected chi connectivity index (χ4v) is 5.42. The van der Waals surface area contributed by atoms with Gasteiger partial charge in [0.1, 0.15) is 0 Å². The molecule has 0 unspecified atom stereocenters. The first-order valence-electron chi connectivity index (χ1n) is 9.33. The van der Waals surface area contributed by atoms with E-state index in [0.717, 1.165) is 37.4 Å². The van der Waals surface area contributed by atoms with Crippen LogP contribution in [0.4, 0.5) is 13.2 Å². The molecule has 0 N–H and O–H groups in total. The van der Waals surface area contributed by atoms with Crippen molar-refractivity contribution in [1.82, 2.24) is 19.2 Å². The van der Waals surface area contributed by atoms with Crippen molar-refractivity contribution in [2.24, 2.45) is 0 Å². The third-order valence-corrected chi connectivity index (χ3v) is 6.77. The van der Waals surface area contributed by atoms with Gasteiger partial charge in [0.15, 0.2) is 10.7 Å². The first-order chi connectivity index (χ1) is 13.1. The third-order valence-electron chi connectivity index (χ3n) is 5.67. The summed E-state index contributed by atoms with van der Waals surface area (Å²) >= 11 is 1.50. The van der Waals surface area contributed by atoms with Gasteiger partial charge in [-0.2, -0.15) is 18.3 Å². The lowest BCUT2D eigenvalue weighted by Gasteiger charge is -2.18. The van der Waals surface area contributed by atoms with Crippen LogP contribution in [0, 0.1) is 0 Å². The van der Waals surface area contributed by atoms with Crippen molar-refractivity contribution >= 4 is 16.3 Å². The third kappa shape index (κ3) is 2.78. The number of halogens is 3. The van der Waals surface area contributed by atoms with Gasteiger partial charge < -0.3 is 0 Å². The fourth-order valence-electron chi connectivity index (χ4n) is 4.10. The molecule has 28 heavy (non-hydrogen) atoms. The van der Waals surface area contributed by atoms with Crippen LogP contribution >= 0.6 is 11.3 Å². The highest BCUT2D eigenvalue weighted by molar-refractivity contribution is 7.17. The van der Waals surface area contributed by atoms with Gasteiger partial charge >= 0.3 is 6.18 Å². The number of aromatic nitrogens is 4. The van der Waals surface area contributed by atoms with E-state index < -0.39 is 11.9 Å². The molecule has 148 valence electrons. The van der Waals surface area contributed by atoms with E-state index in [1.54, 1.807) is 4.40 Å². The molecule has 0 radical (unpaired) electrons. The van der Waals surface area contributed by atoms with Crippen LogP contribution in [0.1, 0.15) is 66.7 Å². The van der Waals surface area contributed by atoms with Crippen LogP contribution in [-0.2, 0) is 24.6 Å². The van der Waals surface area contributed by atoms with Gasteiger partial charge in [-0.25, -0.2) is 4.98 Å². The van der Waals surface area contributed by atoms with E-state index in [1.807, 2.05) is 0 Å². The summed E-state index contributed by atoms with van der Waals surface area (Å²) in [7, 11) is 0. The Labute approximate surface area is 162 Å². The van der Waals surface area contributed by atoms with Crippen molar-refractivity contribution in [1.29, 1.82) is 0 Å². The first-order valence-corrected chi connectivity index (χ1v) is 10.1. The number of fused-ring (bicyclic) bond motifs is 3. The second kappa shape index (κ2) is 5.68. The molecule has 1 fully saturated rings. The smallest absolute Gasteiger partial charge is 0.269 e. The van der Waals surface area contributed by atoms with Crippen molar-refractivity contribution in [3.63, 3.8) is 0 Å². The van der Waals surface area contributed by atoms with Gasteiger partial charge in [0.25, 0.3) is 5.56 Å². The lowest BCUT2D eigenvalue weighted by Crippen LogP contribution is -2.24. The van der Waals surface area contributed by atoms with Gasteiger partial charge in [0, 0.05) is 33.7 Å². The van der Waals surface area contributed by atoms with Gasteiger partial charge in [0.05, 0.1) is 12.2 Å². The highest BCUT2D eigenvalue weighted by Gasteiger charge is 2.38. The van der Waals surface area contributed by atoms with Crippen molar-refractivity contribution in [3.8, 4) is 0 Å². The summed E-state index contributed by atoms with van der Waals surface area (Å²) in [6, 6.07) is 2.56. The fraction of sp³-hybridized carbons (Fsp3) is 0.526. The van der Waals surface area contributed by atoms with Gasteiger partial charge in [-0.1, -0.05) is 13.8 Å². The Balaban J connectivity index is 1.57. The van der Waals surface area contributed by atoms with Crippen LogP contribution in [0.15, 0.2) is 16.9 Å². The van der Waals surface area contributed by atoms with Crippen molar-refractivity contribution < 1.29 is 13.2 Å². The molecule has 0 atom stereocenters. The highest BCUT2D eigenvalue weighted by Crippen LogP contribution is 2.43. The predicted octanol–water partition coefficient (Wildman–Crippen LogP) is 4.12. The Morgan fingerprint density at radius 3 is 2.71 bits per heavy atom. The maximum absolute atomic E-state index is 13.1. The van der Waals surface area contributed by atoms with Crippen molar-refractivity contribution in [2.75, 3.05) is 0 Å². The molecule has 2 aliphatic carbocycles. The molecule has 5 rings (SSSR count). The largest absolute Gasteiger partial charge is 0.435 e. The van der Waals surface area contributed by atoms with Gasteiger partial charge in [-0.3, -0.25) is 13.9 Å². The molecule has 0 amide bonds. The average molecular weight is 408 g/mol. The molecule has 0 saturated heterocycles. The zero-order valence-corrected chi connectivity index (χ0v) is 16.3. The van der Waals surface area contributed by atoms with Crippen molar-refractivity contribution in [3.05, 3.63) is 50.1 Å². The number of rotatable bonds is 3. The SMILES string of the molecule is CC1(C)CCc2sc3nc(Cn4nc(C(F)(F)F)cc4C4CC4)cc(=O)n3c21. The molecule has 9 heteroatoms. The number of aryl methyl sites for hydroxylation is 1. The Hall–Kier alpha value is -2.16. The molecular formula is C19H19F3N4OS. The molecular weight excluding hydrogens is 389 g/mol. The molecule has 3 heterocycles. The molecule has 0 spiro atoms. The molecule has 2 aliphatic rings. The molecule has 1 saturated carbocycles. The maximum Gasteiger partial charge on any atom is 0.435 e. The summed E-state index contributed by atoms with van der Waals surface area (Å²) in [4.78, 5) is 19.2. The van der Waals surface area contributed by atoms with Crippen LogP contribution in [-0.4, -0.2) is 19.2 Å². The normalized spacial score (nSPS) is 18.8. The van der Waals surface area contributed by atoms with Gasteiger partial charge in [-0.05, 0) is 31.7 Å². The molecule has 0 bridgehead atoms. The minimum absolute atomic E-state index is 0.0691. The van der Waals surface area contributed by atoms with E-state index in [-0.39, 0.29) is 23.4 Å². The molecule has 3 aromatic rings. The monoisotopic (exact) mass is 408 g/mol. The van der Waals surface area contributed by atoms with E-state index in [1.165, 1.54) is 27.0 Å². The molecule has 0 aromatic carbocycles. The highest BCUT2D eigenvalue weighted by atomic mass is 32.1. The summed E-state index contributed by atoms with van der Waals surface area (Å²) in [5, 5.41) is 3.77. The van der Waals surface area contributed by atoms with E-state index in [9.17, 15) is 18.0 Å². The zero-order valence-electron chi connectivity index (χ0n) is 15.5. The number of hydrogen-bond acceptors (Lipinski definition) is 4. The minimum atomic E-state index is -4.48. The van der Waals surface area contributed by atoms with Crippen LogP contribution in [0.2, 0.25) is 0 Å². The Kier molecular flexibility index (Phi) is 3.63. The van der Waals surface area contributed by atoms with E-state index in [2.05, 4.69) is 23.9 Å². The van der Waals surface area contributed by atoms with Crippen LogP contribution in [0.5, 0.6) is 0 Å². The molecule has 0 aliphatic heterocycles. The van der Waals surface area contributed by atoms with Gasteiger partial charge in [-0.15, -0.1) is 11.3 Å². The first kappa shape index (κ1) is 17.9. The van der Waals surface area contributed by atoms with Crippen LogP contribution < -0.4 is 5.56 Å². The van der Waals surface area contributed by atoms with Crippen molar-refractivity contribution in [2.45, 2.75) is 63.6 Å². The summed E-state index contributed by atoms with van der Waals surface area (Å²) < 4.78 is 42.3. The Morgan fingerprint density at radius 2 is 2.04 bits per heavy atom. The number of hydrogen-bond donors (Lipinski definition) is 0. The summed E-state index contributed by atoms with van der Waals surface area (Å²) in [5.41, 5.74) is 0.899. The maximum atomic E-state index is 13.1. The van der Waals surface area contributed by atoms with Crippen LogP contribution in [0.3, 0.4) is 0 Å². The lowest BCUT2D eigenvalue weighted by atomic mass is 9.91. The average Bonchev–Trinajstić information content (AvgIpc) is 3.10. The summed E-state index contributed by atoms with van der Waals surface area (Å²) in [6.07, 6.45) is -0.830. The summed E-state index contributed by atoms with van der Waals surface area (Å²) in [5.74, 6) is 0.111. The second-order valence-corrected chi connectivity index (χ2v) is 9.41. The van der Waals surface area contributed by atoms with Gasteiger partial charge in [0.2, 0.25) is 0 Å². The summed E-state index contributed by atoms with van der Waals surface area (Å²) in [6.45, 7) is 4.31. The van der Waals surface area contributed by atoms with E-state index in [0.29, 0.717) is 16.3 Å². The Bertz CT molecular complexity index is 1150. The minimum Gasteiger partial charge on any atom is -0.269 e. The zero-order chi connectivity index (χ0) is 19.8. The standard InChI is InChI=1S/C19H19F3N4OS/c1-18(2)6-5-13-16(18)26-15(27)7-11(23-17(26)28-13)9-25-12(10-3-4-10)8-14(24-25)19(20,21)22/h7-8,10H,3-6,9H2,1-2H3. The Morgan fingerprint density at radius 1 is 1.29 bits per heavy atom. The molecule has 3 aromatic heterocycles. The quantitative estimate of drug-likeness (QED) is 0.655.